The van der Waals surface area contributed by atoms with Gasteiger partial charge >= 0.3 is 5.97 Å². The zero-order chi connectivity index (χ0) is 16.3. The predicted octanol–water partition coefficient (Wildman–Crippen LogP) is 5.30. The molecule has 3 nitrogen and oxygen atoms in total. The van der Waals surface area contributed by atoms with Crippen molar-refractivity contribution in [3.63, 3.8) is 0 Å². The van der Waals surface area contributed by atoms with Crippen molar-refractivity contribution in [2.75, 3.05) is 24.7 Å². The summed E-state index contributed by atoms with van der Waals surface area (Å²) in [5.41, 5.74) is 0. The topological polar surface area (TPSA) is 46.5 Å². The fourth-order valence-electron chi connectivity index (χ4n) is 2.10. The molecule has 0 aromatic heterocycles. The molecule has 0 atom stereocenters. The molecule has 0 saturated carbocycles. The molecule has 0 spiro atoms. The first-order valence-electron chi connectivity index (χ1n) is 8.79. The lowest BCUT2D eigenvalue weighted by Crippen LogP contribution is -1.98. The second-order valence-electron chi connectivity index (χ2n) is 5.58. The highest BCUT2D eigenvalue weighted by atomic mass is 32.2. The van der Waals surface area contributed by atoms with Crippen LogP contribution in [-0.2, 0) is 9.53 Å². The second kappa shape index (κ2) is 18.6. The van der Waals surface area contributed by atoms with Crippen molar-refractivity contribution in [3.05, 3.63) is 12.2 Å². The highest BCUT2D eigenvalue weighted by Crippen LogP contribution is 2.10. The van der Waals surface area contributed by atoms with Gasteiger partial charge in [0, 0.05) is 6.61 Å². The van der Waals surface area contributed by atoms with Gasteiger partial charge in [-0.3, -0.25) is 4.79 Å². The summed E-state index contributed by atoms with van der Waals surface area (Å²) in [5, 5.41) is 8.50. The number of unbranched alkanes of at least 4 members (excludes halogenated alkanes) is 7. The van der Waals surface area contributed by atoms with Gasteiger partial charge in [-0.15, -0.1) is 0 Å². The maximum atomic E-state index is 10.3. The minimum atomic E-state index is -0.705. The molecule has 130 valence electrons. The van der Waals surface area contributed by atoms with Crippen molar-refractivity contribution in [2.24, 2.45) is 0 Å². The smallest absolute Gasteiger partial charge is 0.313 e. The Morgan fingerprint density at radius 3 is 2.45 bits per heavy atom. The lowest BCUT2D eigenvalue weighted by Gasteiger charge is -2.01. The van der Waals surface area contributed by atoms with Crippen LogP contribution in [0.25, 0.3) is 0 Å². The summed E-state index contributed by atoms with van der Waals surface area (Å²) in [6.45, 7) is 3.97. The number of thioether (sulfide) groups is 1. The highest BCUT2D eigenvalue weighted by Gasteiger charge is 1.96. The lowest BCUT2D eigenvalue weighted by atomic mass is 10.1. The SMILES string of the molecule is CCCCCOCC/C=C/CCCCCCCSCC(=O)O. The summed E-state index contributed by atoms with van der Waals surface area (Å²) in [4.78, 5) is 10.3. The van der Waals surface area contributed by atoms with E-state index in [-0.39, 0.29) is 5.75 Å². The molecule has 0 saturated heterocycles. The van der Waals surface area contributed by atoms with Crippen LogP contribution in [0.4, 0.5) is 0 Å². The van der Waals surface area contributed by atoms with E-state index in [4.69, 9.17) is 9.84 Å². The van der Waals surface area contributed by atoms with Gasteiger partial charge in [-0.25, -0.2) is 0 Å². The van der Waals surface area contributed by atoms with E-state index in [2.05, 4.69) is 19.1 Å². The molecular weight excluding hydrogens is 296 g/mol. The Hall–Kier alpha value is -0.480. The fourth-order valence-corrected chi connectivity index (χ4v) is 2.83. The van der Waals surface area contributed by atoms with E-state index in [0.717, 1.165) is 31.8 Å². The van der Waals surface area contributed by atoms with Crippen molar-refractivity contribution >= 4 is 17.7 Å². The fraction of sp³-hybridized carbons (Fsp3) is 0.833. The standard InChI is InChI=1S/C18H34O3S/c1-2-3-11-14-21-15-12-9-7-5-4-6-8-10-13-16-22-17-18(19)20/h7,9H,2-6,8,10-17H2,1H3,(H,19,20)/b9-7+. The van der Waals surface area contributed by atoms with Crippen LogP contribution in [0.5, 0.6) is 0 Å². The summed E-state index contributed by atoms with van der Waals surface area (Å²) < 4.78 is 5.55. The maximum Gasteiger partial charge on any atom is 0.313 e. The highest BCUT2D eigenvalue weighted by molar-refractivity contribution is 7.99. The number of ether oxygens (including phenoxy) is 1. The first kappa shape index (κ1) is 21.5. The molecule has 4 heteroatoms. The van der Waals surface area contributed by atoms with E-state index in [9.17, 15) is 4.79 Å². The van der Waals surface area contributed by atoms with Gasteiger partial charge in [0.25, 0.3) is 0 Å². The van der Waals surface area contributed by atoms with E-state index in [1.165, 1.54) is 63.1 Å². The molecule has 0 rings (SSSR count). The van der Waals surface area contributed by atoms with Crippen molar-refractivity contribution in [2.45, 2.75) is 71.1 Å². The Morgan fingerprint density at radius 2 is 1.68 bits per heavy atom. The quantitative estimate of drug-likeness (QED) is 0.290. The van der Waals surface area contributed by atoms with Gasteiger partial charge in [0.05, 0.1) is 12.4 Å². The van der Waals surface area contributed by atoms with Crippen LogP contribution in [0.1, 0.15) is 71.1 Å². The first-order valence-corrected chi connectivity index (χ1v) is 9.95. The van der Waals surface area contributed by atoms with E-state index >= 15 is 0 Å². The third-order valence-electron chi connectivity index (χ3n) is 3.37. The van der Waals surface area contributed by atoms with Crippen LogP contribution in [-0.4, -0.2) is 35.8 Å². The van der Waals surface area contributed by atoms with Crippen LogP contribution in [0.15, 0.2) is 12.2 Å². The summed E-state index contributed by atoms with van der Waals surface area (Å²) in [5.74, 6) is 0.514. The number of hydrogen-bond donors (Lipinski definition) is 1. The van der Waals surface area contributed by atoms with Gasteiger partial charge in [-0.1, -0.05) is 51.2 Å². The summed E-state index contributed by atoms with van der Waals surface area (Å²) >= 11 is 1.52. The molecule has 0 aromatic carbocycles. The Bertz CT molecular complexity index is 267. The third kappa shape index (κ3) is 19.5. The Balaban J connectivity index is 3.06. The van der Waals surface area contributed by atoms with Crippen molar-refractivity contribution in [1.82, 2.24) is 0 Å². The Labute approximate surface area is 140 Å². The monoisotopic (exact) mass is 330 g/mol. The van der Waals surface area contributed by atoms with Crippen molar-refractivity contribution in [1.29, 1.82) is 0 Å². The van der Waals surface area contributed by atoms with Gasteiger partial charge in [0.15, 0.2) is 0 Å². The Kier molecular flexibility index (Phi) is 18.2. The van der Waals surface area contributed by atoms with Gasteiger partial charge in [0.2, 0.25) is 0 Å². The lowest BCUT2D eigenvalue weighted by molar-refractivity contribution is -0.133. The zero-order valence-corrected chi connectivity index (χ0v) is 15.0. The number of aliphatic carboxylic acids is 1. The molecule has 1 N–H and O–H groups in total. The van der Waals surface area contributed by atoms with Crippen LogP contribution in [0.3, 0.4) is 0 Å². The molecule has 22 heavy (non-hydrogen) atoms. The molecule has 0 radical (unpaired) electrons. The molecule has 0 aliphatic carbocycles. The minimum absolute atomic E-state index is 0.243. The number of rotatable bonds is 17. The normalized spacial score (nSPS) is 11.3. The second-order valence-corrected chi connectivity index (χ2v) is 6.69. The number of carboxylic acid groups (broad SMARTS) is 1. The van der Waals surface area contributed by atoms with Gasteiger partial charge in [0.1, 0.15) is 0 Å². The minimum Gasteiger partial charge on any atom is -0.481 e. The molecular formula is C18H34O3S. The molecule has 0 heterocycles. The van der Waals surface area contributed by atoms with E-state index in [0.29, 0.717) is 0 Å². The van der Waals surface area contributed by atoms with Gasteiger partial charge in [-0.2, -0.15) is 11.8 Å². The van der Waals surface area contributed by atoms with E-state index in [1.54, 1.807) is 0 Å². The predicted molar refractivity (Wildman–Crippen MR) is 96.8 cm³/mol. The van der Waals surface area contributed by atoms with E-state index < -0.39 is 5.97 Å². The van der Waals surface area contributed by atoms with Crippen LogP contribution >= 0.6 is 11.8 Å². The number of allylic oxidation sites excluding steroid dienone is 1. The van der Waals surface area contributed by atoms with E-state index in [1.807, 2.05) is 0 Å². The molecule has 0 aliphatic rings. The molecule has 0 unspecified atom stereocenters. The number of hydrogen-bond acceptors (Lipinski definition) is 3. The van der Waals surface area contributed by atoms with Crippen molar-refractivity contribution < 1.29 is 14.6 Å². The molecule has 0 amide bonds. The summed E-state index contributed by atoms with van der Waals surface area (Å²) in [6, 6.07) is 0. The Morgan fingerprint density at radius 1 is 0.955 bits per heavy atom. The molecule has 0 aliphatic heterocycles. The third-order valence-corrected chi connectivity index (χ3v) is 4.40. The van der Waals surface area contributed by atoms with Crippen LogP contribution < -0.4 is 0 Å². The number of carboxylic acids is 1. The number of carbonyl (C=O) groups is 1. The molecule has 0 fully saturated rings. The first-order chi connectivity index (χ1) is 10.8. The van der Waals surface area contributed by atoms with Crippen LogP contribution in [0, 0.1) is 0 Å². The van der Waals surface area contributed by atoms with Gasteiger partial charge in [-0.05, 0) is 37.9 Å². The molecule has 0 aromatic rings. The average Bonchev–Trinajstić information content (AvgIpc) is 2.50. The maximum absolute atomic E-state index is 10.3. The van der Waals surface area contributed by atoms with Gasteiger partial charge < -0.3 is 9.84 Å². The van der Waals surface area contributed by atoms with Crippen molar-refractivity contribution in [3.8, 4) is 0 Å². The largest absolute Gasteiger partial charge is 0.481 e. The van der Waals surface area contributed by atoms with Crippen LogP contribution in [0.2, 0.25) is 0 Å². The summed E-state index contributed by atoms with van der Waals surface area (Å²) in [6.07, 6.45) is 16.6. The zero-order valence-electron chi connectivity index (χ0n) is 14.2. The average molecular weight is 331 g/mol. The molecule has 0 bridgehead atoms. The summed E-state index contributed by atoms with van der Waals surface area (Å²) in [7, 11) is 0.